The minimum Gasteiger partial charge on any atom is -0.493 e. The number of hydrogen-bond donors (Lipinski definition) is 1. The first-order valence-electron chi connectivity index (χ1n) is 6.88. The number of ether oxygens (including phenoxy) is 3. The summed E-state index contributed by atoms with van der Waals surface area (Å²) in [5.74, 6) is 1.19. The number of benzene rings is 1. The van der Waals surface area contributed by atoms with E-state index in [1.165, 1.54) is 21.3 Å². The Balaban J connectivity index is 2.08. The third-order valence-corrected chi connectivity index (χ3v) is 3.25. The summed E-state index contributed by atoms with van der Waals surface area (Å²) in [7, 11) is 4.56. The summed E-state index contributed by atoms with van der Waals surface area (Å²) in [5, 5.41) is 2.87. The van der Waals surface area contributed by atoms with Crippen LogP contribution in [-0.2, 0) is 6.54 Å². The molecule has 0 radical (unpaired) electrons. The second kappa shape index (κ2) is 7.40. The van der Waals surface area contributed by atoms with Crippen molar-refractivity contribution in [3.05, 3.63) is 42.2 Å². The Hall–Kier alpha value is -2.63. The van der Waals surface area contributed by atoms with Gasteiger partial charge in [-0.05, 0) is 24.3 Å². The highest BCUT2D eigenvalue weighted by molar-refractivity contribution is 5.95. The van der Waals surface area contributed by atoms with E-state index < -0.39 is 0 Å². The van der Waals surface area contributed by atoms with E-state index in [1.54, 1.807) is 12.1 Å². The lowest BCUT2D eigenvalue weighted by Crippen LogP contribution is -2.27. The van der Waals surface area contributed by atoms with E-state index in [0.29, 0.717) is 35.9 Å². The van der Waals surface area contributed by atoms with E-state index in [0.717, 1.165) is 0 Å². The van der Waals surface area contributed by atoms with Crippen LogP contribution in [0.1, 0.15) is 10.4 Å². The minimum absolute atomic E-state index is 0.189. The van der Waals surface area contributed by atoms with Gasteiger partial charge < -0.3 is 24.1 Å². The van der Waals surface area contributed by atoms with Gasteiger partial charge in [0.05, 0.1) is 21.3 Å². The number of carbonyl (C=O) groups is 1. The van der Waals surface area contributed by atoms with E-state index in [1.807, 2.05) is 29.1 Å². The Morgan fingerprint density at radius 1 is 1.05 bits per heavy atom. The van der Waals surface area contributed by atoms with Gasteiger partial charge in [0.2, 0.25) is 5.75 Å². The Morgan fingerprint density at radius 2 is 1.64 bits per heavy atom. The normalized spacial score (nSPS) is 10.1. The van der Waals surface area contributed by atoms with Gasteiger partial charge in [-0.25, -0.2) is 0 Å². The van der Waals surface area contributed by atoms with Gasteiger partial charge in [-0.15, -0.1) is 0 Å². The topological polar surface area (TPSA) is 61.7 Å². The Labute approximate surface area is 129 Å². The molecule has 22 heavy (non-hydrogen) atoms. The number of nitrogens with one attached hydrogen (secondary N) is 1. The van der Waals surface area contributed by atoms with Crippen LogP contribution in [0.4, 0.5) is 0 Å². The van der Waals surface area contributed by atoms with E-state index in [2.05, 4.69) is 5.32 Å². The van der Waals surface area contributed by atoms with Crippen LogP contribution in [0.3, 0.4) is 0 Å². The van der Waals surface area contributed by atoms with Gasteiger partial charge >= 0.3 is 0 Å². The number of hydrogen-bond acceptors (Lipinski definition) is 4. The third kappa shape index (κ3) is 3.52. The van der Waals surface area contributed by atoms with Gasteiger partial charge in [0, 0.05) is 31.0 Å². The summed E-state index contributed by atoms with van der Waals surface area (Å²) < 4.78 is 17.7. The molecule has 6 nitrogen and oxygen atoms in total. The van der Waals surface area contributed by atoms with Crippen LogP contribution in [0, 0.1) is 0 Å². The molecule has 0 saturated carbocycles. The molecule has 1 heterocycles. The number of aromatic nitrogens is 1. The van der Waals surface area contributed by atoms with Gasteiger partial charge in [0.25, 0.3) is 5.91 Å². The monoisotopic (exact) mass is 304 g/mol. The maximum atomic E-state index is 12.2. The summed E-state index contributed by atoms with van der Waals surface area (Å²) in [6.07, 6.45) is 3.90. The smallest absolute Gasteiger partial charge is 0.251 e. The summed E-state index contributed by atoms with van der Waals surface area (Å²) in [6, 6.07) is 7.15. The first kappa shape index (κ1) is 15.8. The van der Waals surface area contributed by atoms with Crippen molar-refractivity contribution < 1.29 is 19.0 Å². The van der Waals surface area contributed by atoms with Crippen molar-refractivity contribution in [2.45, 2.75) is 6.54 Å². The second-order valence-electron chi connectivity index (χ2n) is 4.59. The summed E-state index contributed by atoms with van der Waals surface area (Å²) in [6.45, 7) is 1.24. The number of carbonyl (C=O) groups excluding carboxylic acids is 1. The molecular formula is C16H20N2O4. The van der Waals surface area contributed by atoms with Crippen LogP contribution < -0.4 is 19.5 Å². The molecule has 0 bridgehead atoms. The molecule has 118 valence electrons. The standard InChI is InChI=1S/C16H20N2O4/c1-20-13-10-12(11-14(21-2)15(13)22-3)16(19)17-6-9-18-7-4-5-8-18/h4-5,7-8,10-11H,6,9H2,1-3H3,(H,17,19). The first-order chi connectivity index (χ1) is 10.7. The minimum atomic E-state index is -0.189. The van der Waals surface area contributed by atoms with Gasteiger partial charge in [0.15, 0.2) is 11.5 Å². The highest BCUT2D eigenvalue weighted by atomic mass is 16.5. The molecule has 1 aromatic heterocycles. The zero-order chi connectivity index (χ0) is 15.9. The van der Waals surface area contributed by atoms with E-state index in [9.17, 15) is 4.79 Å². The molecule has 0 unspecified atom stereocenters. The lowest BCUT2D eigenvalue weighted by atomic mass is 10.1. The molecule has 0 saturated heterocycles. The quantitative estimate of drug-likeness (QED) is 0.849. The number of amides is 1. The van der Waals surface area contributed by atoms with E-state index >= 15 is 0 Å². The maximum absolute atomic E-state index is 12.2. The molecule has 0 spiro atoms. The molecule has 0 aliphatic rings. The zero-order valence-electron chi connectivity index (χ0n) is 13.0. The van der Waals surface area contributed by atoms with Crippen LogP contribution in [0.15, 0.2) is 36.7 Å². The van der Waals surface area contributed by atoms with Gasteiger partial charge in [0.1, 0.15) is 0 Å². The Kier molecular flexibility index (Phi) is 5.30. The summed E-state index contributed by atoms with van der Waals surface area (Å²) in [5.41, 5.74) is 0.460. The fourth-order valence-electron chi connectivity index (χ4n) is 2.13. The maximum Gasteiger partial charge on any atom is 0.251 e. The fraction of sp³-hybridized carbons (Fsp3) is 0.312. The molecule has 6 heteroatoms. The zero-order valence-corrected chi connectivity index (χ0v) is 13.0. The van der Waals surface area contributed by atoms with Crippen molar-refractivity contribution in [3.8, 4) is 17.2 Å². The Morgan fingerprint density at radius 3 is 2.14 bits per heavy atom. The molecule has 2 aromatic rings. The molecule has 0 atom stereocenters. The average Bonchev–Trinajstić information content (AvgIpc) is 3.06. The van der Waals surface area contributed by atoms with Crippen LogP contribution >= 0.6 is 0 Å². The molecule has 1 N–H and O–H groups in total. The van der Waals surface area contributed by atoms with Crippen LogP contribution in [0.25, 0.3) is 0 Å². The lowest BCUT2D eigenvalue weighted by Gasteiger charge is -2.14. The molecular weight excluding hydrogens is 284 g/mol. The Bertz CT molecular complexity index is 598. The van der Waals surface area contributed by atoms with Gasteiger partial charge in [-0.3, -0.25) is 4.79 Å². The largest absolute Gasteiger partial charge is 0.493 e. The molecule has 0 fully saturated rings. The average molecular weight is 304 g/mol. The van der Waals surface area contributed by atoms with Crippen LogP contribution in [0.2, 0.25) is 0 Å². The second-order valence-corrected chi connectivity index (χ2v) is 4.59. The molecule has 1 aromatic carbocycles. The number of methoxy groups -OCH3 is 3. The SMILES string of the molecule is COc1cc(C(=O)NCCn2cccc2)cc(OC)c1OC. The predicted molar refractivity (Wildman–Crippen MR) is 82.9 cm³/mol. The van der Waals surface area contributed by atoms with Crippen molar-refractivity contribution in [1.29, 1.82) is 0 Å². The van der Waals surface area contributed by atoms with Crippen molar-refractivity contribution in [2.24, 2.45) is 0 Å². The van der Waals surface area contributed by atoms with Gasteiger partial charge in [-0.2, -0.15) is 0 Å². The van der Waals surface area contributed by atoms with Crippen molar-refractivity contribution in [2.75, 3.05) is 27.9 Å². The summed E-state index contributed by atoms with van der Waals surface area (Å²) in [4.78, 5) is 12.2. The lowest BCUT2D eigenvalue weighted by molar-refractivity contribution is 0.0951. The van der Waals surface area contributed by atoms with Crippen LogP contribution in [0.5, 0.6) is 17.2 Å². The van der Waals surface area contributed by atoms with Crippen LogP contribution in [-0.4, -0.2) is 38.3 Å². The van der Waals surface area contributed by atoms with Crippen molar-refractivity contribution >= 4 is 5.91 Å². The highest BCUT2D eigenvalue weighted by Crippen LogP contribution is 2.38. The molecule has 0 aliphatic carbocycles. The first-order valence-corrected chi connectivity index (χ1v) is 6.88. The van der Waals surface area contributed by atoms with Gasteiger partial charge in [-0.1, -0.05) is 0 Å². The fourth-order valence-corrected chi connectivity index (χ4v) is 2.13. The third-order valence-electron chi connectivity index (χ3n) is 3.25. The number of rotatable bonds is 7. The molecule has 0 aliphatic heterocycles. The number of nitrogens with zero attached hydrogens (tertiary/aromatic N) is 1. The summed E-state index contributed by atoms with van der Waals surface area (Å²) >= 11 is 0. The molecule has 1 amide bonds. The van der Waals surface area contributed by atoms with Crippen molar-refractivity contribution in [3.63, 3.8) is 0 Å². The highest BCUT2D eigenvalue weighted by Gasteiger charge is 2.16. The van der Waals surface area contributed by atoms with E-state index in [-0.39, 0.29) is 5.91 Å². The molecule has 2 rings (SSSR count). The predicted octanol–water partition coefficient (Wildman–Crippen LogP) is 1.94. The van der Waals surface area contributed by atoms with Crippen molar-refractivity contribution in [1.82, 2.24) is 9.88 Å². The van der Waals surface area contributed by atoms with E-state index in [4.69, 9.17) is 14.2 Å².